The number of hydrogen-bond donors (Lipinski definition) is 7. The normalized spacial score (nSPS) is 11.1. The Hall–Kier alpha value is -2.81. The van der Waals surface area contributed by atoms with Crippen LogP contribution in [0.3, 0.4) is 0 Å². The predicted octanol–water partition coefficient (Wildman–Crippen LogP) is 0.0233. The molecule has 0 bridgehead atoms. The summed E-state index contributed by atoms with van der Waals surface area (Å²) in [7, 11) is 0. The van der Waals surface area contributed by atoms with Gasteiger partial charge in [0.2, 0.25) is 0 Å². The van der Waals surface area contributed by atoms with Crippen molar-refractivity contribution in [1.29, 1.82) is 0 Å². The van der Waals surface area contributed by atoms with Crippen LogP contribution in [0, 0.1) is 0 Å². The van der Waals surface area contributed by atoms with Crippen molar-refractivity contribution in [2.75, 3.05) is 26.2 Å². The number of hydrogen-bond acceptors (Lipinski definition) is 9. The van der Waals surface area contributed by atoms with Gasteiger partial charge in [-0.15, -0.1) is 0 Å². The zero-order valence-electron chi connectivity index (χ0n) is 20.2. The van der Waals surface area contributed by atoms with E-state index in [0.29, 0.717) is 0 Å². The number of rotatable bonds is 14. The maximum absolute atomic E-state index is 10.3. The van der Waals surface area contributed by atoms with Gasteiger partial charge in [0, 0.05) is 0 Å². The van der Waals surface area contributed by atoms with Crippen molar-refractivity contribution in [2.24, 2.45) is 0 Å². The Bertz CT molecular complexity index is 614. The molecule has 0 rings (SSSR count). The molecule has 200 valence electrons. The SMILES string of the molecule is CCN(CC)C(C)(O)N(CC)CC.O=C(O)CC(O)(CC(=O)O)C(=O)O.O=C(O)CCC(=O)O. The van der Waals surface area contributed by atoms with Crippen LogP contribution >= 0.6 is 0 Å². The quantitative estimate of drug-likeness (QED) is 0.156. The van der Waals surface area contributed by atoms with Crippen LogP contribution in [0.15, 0.2) is 0 Å². The molecular weight excluding hydrogens is 460 g/mol. The van der Waals surface area contributed by atoms with E-state index in [0.717, 1.165) is 26.2 Å². The van der Waals surface area contributed by atoms with Crippen LogP contribution in [0.25, 0.3) is 0 Å². The number of aliphatic carboxylic acids is 5. The Morgan fingerprint density at radius 2 is 0.853 bits per heavy atom. The summed E-state index contributed by atoms with van der Waals surface area (Å²) in [6, 6.07) is 0. The minimum absolute atomic E-state index is 0.296. The summed E-state index contributed by atoms with van der Waals surface area (Å²) >= 11 is 0. The fourth-order valence-electron chi connectivity index (χ4n) is 2.77. The minimum Gasteiger partial charge on any atom is -0.481 e. The summed E-state index contributed by atoms with van der Waals surface area (Å²) in [6.07, 6.45) is -2.88. The van der Waals surface area contributed by atoms with Gasteiger partial charge in [0.25, 0.3) is 0 Å². The molecule has 0 unspecified atom stereocenters. The molecule has 0 saturated carbocycles. The number of nitrogens with zero attached hydrogens (tertiary/aromatic N) is 2. The third-order valence-corrected chi connectivity index (χ3v) is 4.56. The minimum atomic E-state index is -2.74. The molecule has 14 nitrogen and oxygen atoms in total. The molecule has 0 aromatic rings. The van der Waals surface area contributed by atoms with E-state index in [1.165, 1.54) is 0 Å². The number of carboxylic acid groups (broad SMARTS) is 5. The molecule has 0 aliphatic carbocycles. The first-order valence-corrected chi connectivity index (χ1v) is 10.5. The molecule has 34 heavy (non-hydrogen) atoms. The lowest BCUT2D eigenvalue weighted by Gasteiger charge is -2.43. The van der Waals surface area contributed by atoms with Crippen LogP contribution < -0.4 is 0 Å². The average molecular weight is 499 g/mol. The fourth-order valence-corrected chi connectivity index (χ4v) is 2.77. The molecule has 0 saturated heterocycles. The molecule has 14 heteroatoms. The molecule has 0 radical (unpaired) electrons. The predicted molar refractivity (Wildman–Crippen MR) is 118 cm³/mol. The first-order valence-electron chi connectivity index (χ1n) is 10.5. The van der Waals surface area contributed by atoms with Gasteiger partial charge in [0.05, 0.1) is 25.7 Å². The highest BCUT2D eigenvalue weighted by molar-refractivity contribution is 5.88. The monoisotopic (exact) mass is 498 g/mol. The second-order valence-corrected chi connectivity index (χ2v) is 7.08. The molecule has 0 aromatic heterocycles. The van der Waals surface area contributed by atoms with Gasteiger partial charge in [0.1, 0.15) is 0 Å². The van der Waals surface area contributed by atoms with E-state index in [1.54, 1.807) is 0 Å². The van der Waals surface area contributed by atoms with Crippen molar-refractivity contribution in [3.05, 3.63) is 0 Å². The lowest BCUT2D eigenvalue weighted by molar-refractivity contribution is -0.198. The Morgan fingerprint density at radius 3 is 1.00 bits per heavy atom. The van der Waals surface area contributed by atoms with Crippen LogP contribution in [0.5, 0.6) is 0 Å². The molecule has 0 spiro atoms. The maximum atomic E-state index is 10.3. The fraction of sp³-hybridized carbons (Fsp3) is 0.750. The van der Waals surface area contributed by atoms with E-state index in [4.69, 9.17) is 30.6 Å². The zero-order valence-corrected chi connectivity index (χ0v) is 20.2. The number of carbonyl (C=O) groups is 5. The molecule has 7 N–H and O–H groups in total. The summed E-state index contributed by atoms with van der Waals surface area (Å²) in [4.78, 5) is 53.9. The van der Waals surface area contributed by atoms with Crippen LogP contribution in [0.1, 0.15) is 60.3 Å². The molecule has 0 aromatic carbocycles. The smallest absolute Gasteiger partial charge is 0.336 e. The van der Waals surface area contributed by atoms with Gasteiger partial charge in [0.15, 0.2) is 11.4 Å². The average Bonchev–Trinajstić information content (AvgIpc) is 2.67. The number of carboxylic acids is 5. The molecule has 0 atom stereocenters. The van der Waals surface area contributed by atoms with Crippen molar-refractivity contribution >= 4 is 29.8 Å². The molecule has 0 heterocycles. The molecule has 0 fully saturated rings. The van der Waals surface area contributed by atoms with E-state index >= 15 is 0 Å². The van der Waals surface area contributed by atoms with Crippen molar-refractivity contribution in [3.63, 3.8) is 0 Å². The third kappa shape index (κ3) is 15.9. The Kier molecular flexibility index (Phi) is 18.6. The van der Waals surface area contributed by atoms with Gasteiger partial charge >= 0.3 is 29.8 Å². The van der Waals surface area contributed by atoms with Crippen molar-refractivity contribution in [1.82, 2.24) is 9.80 Å². The van der Waals surface area contributed by atoms with Gasteiger partial charge in [-0.25, -0.2) is 4.79 Å². The highest BCUT2D eigenvalue weighted by Crippen LogP contribution is 2.16. The highest BCUT2D eigenvalue weighted by Gasteiger charge is 2.40. The first-order chi connectivity index (χ1) is 15.4. The van der Waals surface area contributed by atoms with E-state index in [2.05, 4.69) is 37.5 Å². The van der Waals surface area contributed by atoms with Gasteiger partial charge in [-0.1, -0.05) is 27.7 Å². The van der Waals surface area contributed by atoms with Crippen molar-refractivity contribution in [3.8, 4) is 0 Å². The van der Waals surface area contributed by atoms with Crippen molar-refractivity contribution in [2.45, 2.75) is 71.8 Å². The van der Waals surface area contributed by atoms with E-state index < -0.39 is 54.1 Å². The molecule has 0 aliphatic heterocycles. The summed E-state index contributed by atoms with van der Waals surface area (Å²) in [5.41, 5.74) is -2.74. The largest absolute Gasteiger partial charge is 0.481 e. The van der Waals surface area contributed by atoms with E-state index in [1.807, 2.05) is 6.92 Å². The van der Waals surface area contributed by atoms with E-state index in [9.17, 15) is 29.1 Å². The van der Waals surface area contributed by atoms with Gasteiger partial charge < -0.3 is 35.7 Å². The Morgan fingerprint density at radius 1 is 0.588 bits per heavy atom. The van der Waals surface area contributed by atoms with Crippen molar-refractivity contribution < 1.29 is 59.7 Å². The van der Waals surface area contributed by atoms with Gasteiger partial charge in [-0.3, -0.25) is 29.0 Å². The van der Waals surface area contributed by atoms with Crippen LogP contribution in [0.2, 0.25) is 0 Å². The summed E-state index contributed by atoms with van der Waals surface area (Å²) in [6.45, 7) is 13.7. The van der Waals surface area contributed by atoms with Gasteiger partial charge in [-0.2, -0.15) is 0 Å². The standard InChI is InChI=1S/C10H24N2O.C6H8O7.C4H6O4/c1-6-11(7-2)10(5,13)12(8-3)9-4;7-3(8)1-6(13,5(11)12)2-4(9)10;5-3(6)1-2-4(7)8/h13H,6-9H2,1-5H3;13H,1-2H2,(H,7,8)(H,9,10)(H,11,12);1-2H2,(H,5,6)(H,7,8). The topological polar surface area (TPSA) is 233 Å². The zero-order chi connectivity index (χ0) is 27.7. The first kappa shape index (κ1) is 35.8. The molecule has 0 aliphatic rings. The second-order valence-electron chi connectivity index (χ2n) is 7.08. The molecular formula is C20H38N2O12. The van der Waals surface area contributed by atoms with E-state index in [-0.39, 0.29) is 12.8 Å². The number of aliphatic hydroxyl groups is 2. The highest BCUT2D eigenvalue weighted by atomic mass is 16.4. The third-order valence-electron chi connectivity index (χ3n) is 4.56. The lowest BCUT2D eigenvalue weighted by Crippen LogP contribution is -2.58. The maximum Gasteiger partial charge on any atom is 0.336 e. The summed E-state index contributed by atoms with van der Waals surface area (Å²) in [5.74, 6) is -7.97. The molecule has 0 amide bonds. The van der Waals surface area contributed by atoms with Crippen LogP contribution in [-0.4, -0.2) is 113 Å². The lowest BCUT2D eigenvalue weighted by atomic mass is 9.96. The van der Waals surface area contributed by atoms with Crippen LogP contribution in [-0.2, 0) is 24.0 Å². The van der Waals surface area contributed by atoms with Gasteiger partial charge in [-0.05, 0) is 33.1 Å². The van der Waals surface area contributed by atoms with Crippen LogP contribution in [0.4, 0.5) is 0 Å². The summed E-state index contributed by atoms with van der Waals surface area (Å²) < 4.78 is 0. The second kappa shape index (κ2) is 17.6. The summed E-state index contributed by atoms with van der Waals surface area (Å²) in [5, 5.41) is 59.9. The Balaban J connectivity index is -0.000000438. The Labute approximate surface area is 198 Å².